The second-order valence-electron chi connectivity index (χ2n) is 6.72. The summed E-state index contributed by atoms with van der Waals surface area (Å²) in [5.74, 6) is -1.05. The van der Waals surface area contributed by atoms with Gasteiger partial charge in [-0.25, -0.2) is 13.2 Å². The lowest BCUT2D eigenvalue weighted by Crippen LogP contribution is -2.47. The third-order valence-electron chi connectivity index (χ3n) is 4.46. The van der Waals surface area contributed by atoms with E-state index in [0.29, 0.717) is 25.7 Å². The van der Waals surface area contributed by atoms with Crippen molar-refractivity contribution in [2.45, 2.75) is 50.0 Å². The van der Waals surface area contributed by atoms with Gasteiger partial charge in [0.05, 0.1) is 10.6 Å². The van der Waals surface area contributed by atoms with Gasteiger partial charge in [0.1, 0.15) is 12.1 Å². The van der Waals surface area contributed by atoms with E-state index in [1.165, 1.54) is 12.1 Å². The molecule has 9 heteroatoms. The Morgan fingerprint density at radius 2 is 1.74 bits per heavy atom. The molecule has 1 aromatic rings. The highest BCUT2D eigenvalue weighted by molar-refractivity contribution is 7.90. The van der Waals surface area contributed by atoms with Crippen LogP contribution in [0.3, 0.4) is 0 Å². The predicted molar refractivity (Wildman–Crippen MR) is 101 cm³/mol. The molecule has 0 unspecified atom stereocenters. The normalized spacial score (nSPS) is 16.3. The molecule has 2 N–H and O–H groups in total. The Bertz CT molecular complexity index is 844. The Morgan fingerprint density at radius 1 is 1.15 bits per heavy atom. The summed E-state index contributed by atoms with van der Waals surface area (Å²) in [6.45, 7) is 3.38. The van der Waals surface area contributed by atoms with Crippen molar-refractivity contribution in [1.82, 2.24) is 10.2 Å². The number of hydrogen-bond donors (Lipinski definition) is 2. The van der Waals surface area contributed by atoms with E-state index in [4.69, 9.17) is 0 Å². The summed E-state index contributed by atoms with van der Waals surface area (Å²) in [6, 6.07) is 5.37. The number of carbonyl (C=O) groups is 3. The van der Waals surface area contributed by atoms with Crippen molar-refractivity contribution < 1.29 is 22.8 Å². The molecular weight excluding hydrogens is 370 g/mol. The first-order chi connectivity index (χ1) is 12.6. The Kier molecular flexibility index (Phi) is 6.25. The number of para-hydroxylation sites is 1. The molecule has 27 heavy (non-hydrogen) atoms. The molecule has 0 saturated carbocycles. The minimum absolute atomic E-state index is 0.0261. The molecular formula is C18H25N3O5S. The van der Waals surface area contributed by atoms with Crippen LogP contribution in [0.2, 0.25) is 0 Å². The molecule has 1 fully saturated rings. The van der Waals surface area contributed by atoms with Crippen LogP contribution in [-0.4, -0.2) is 49.5 Å². The lowest BCUT2D eigenvalue weighted by molar-refractivity contribution is -0.134. The van der Waals surface area contributed by atoms with Crippen LogP contribution < -0.4 is 10.6 Å². The Balaban J connectivity index is 2.17. The standard InChI is InChI=1S/C18H25N3O5S/c1-4-10-18(11-5-2)16(23)21(17(24)20-18)12-15(22)19-13-8-6-7-9-14(13)27(3,25)26/h6-9H,4-5,10-12H2,1-3H3,(H,19,22)(H,20,24). The summed E-state index contributed by atoms with van der Waals surface area (Å²) in [5.41, 5.74) is -0.851. The molecule has 0 aromatic heterocycles. The van der Waals surface area contributed by atoms with Crippen LogP contribution >= 0.6 is 0 Å². The summed E-state index contributed by atoms with van der Waals surface area (Å²) in [5, 5.41) is 5.22. The smallest absolute Gasteiger partial charge is 0.323 e. The van der Waals surface area contributed by atoms with Crippen LogP contribution in [0.1, 0.15) is 39.5 Å². The zero-order valence-electron chi connectivity index (χ0n) is 15.7. The number of anilines is 1. The van der Waals surface area contributed by atoms with Crippen LogP contribution in [0.15, 0.2) is 29.2 Å². The summed E-state index contributed by atoms with van der Waals surface area (Å²) in [7, 11) is -3.54. The van der Waals surface area contributed by atoms with Crippen molar-refractivity contribution in [3.63, 3.8) is 0 Å². The van der Waals surface area contributed by atoms with Gasteiger partial charge in [-0.2, -0.15) is 0 Å². The summed E-state index contributed by atoms with van der Waals surface area (Å²) in [4.78, 5) is 38.3. The fraction of sp³-hybridized carbons (Fsp3) is 0.500. The molecule has 1 aliphatic rings. The second-order valence-corrected chi connectivity index (χ2v) is 8.70. The minimum Gasteiger partial charge on any atom is -0.323 e. The average molecular weight is 395 g/mol. The van der Waals surface area contributed by atoms with Gasteiger partial charge in [0.2, 0.25) is 5.91 Å². The SMILES string of the molecule is CCCC1(CCC)NC(=O)N(CC(=O)Nc2ccccc2S(C)(=O)=O)C1=O. The second kappa shape index (κ2) is 8.08. The van der Waals surface area contributed by atoms with E-state index in [1.807, 2.05) is 13.8 Å². The number of sulfone groups is 1. The van der Waals surface area contributed by atoms with Crippen LogP contribution in [-0.2, 0) is 19.4 Å². The number of carbonyl (C=O) groups excluding carboxylic acids is 3. The molecule has 0 aliphatic carbocycles. The molecule has 8 nitrogen and oxygen atoms in total. The molecule has 1 aliphatic heterocycles. The first kappa shape index (κ1) is 20.9. The summed E-state index contributed by atoms with van der Waals surface area (Å²) in [6.07, 6.45) is 3.47. The average Bonchev–Trinajstić information content (AvgIpc) is 2.79. The van der Waals surface area contributed by atoms with Crippen molar-refractivity contribution in [2.75, 3.05) is 18.1 Å². The maximum absolute atomic E-state index is 12.8. The number of urea groups is 1. The zero-order valence-corrected chi connectivity index (χ0v) is 16.6. The first-order valence-electron chi connectivity index (χ1n) is 8.87. The van der Waals surface area contributed by atoms with Gasteiger partial charge < -0.3 is 10.6 Å². The molecule has 1 saturated heterocycles. The van der Waals surface area contributed by atoms with E-state index in [-0.39, 0.29) is 10.6 Å². The number of benzene rings is 1. The van der Waals surface area contributed by atoms with Gasteiger partial charge in [-0.15, -0.1) is 0 Å². The van der Waals surface area contributed by atoms with Gasteiger partial charge in [0, 0.05) is 6.26 Å². The third kappa shape index (κ3) is 4.47. The van der Waals surface area contributed by atoms with E-state index in [0.717, 1.165) is 11.2 Å². The van der Waals surface area contributed by atoms with Gasteiger partial charge in [-0.1, -0.05) is 38.8 Å². The van der Waals surface area contributed by atoms with Gasteiger partial charge in [-0.05, 0) is 25.0 Å². The molecule has 1 heterocycles. The highest BCUT2D eigenvalue weighted by atomic mass is 32.2. The Labute approximate surface area is 159 Å². The van der Waals surface area contributed by atoms with Gasteiger partial charge in [0.15, 0.2) is 9.84 Å². The first-order valence-corrected chi connectivity index (χ1v) is 10.8. The number of hydrogen-bond acceptors (Lipinski definition) is 5. The van der Waals surface area contributed by atoms with Crippen molar-refractivity contribution in [2.24, 2.45) is 0 Å². The number of nitrogens with one attached hydrogen (secondary N) is 2. The van der Waals surface area contributed by atoms with Gasteiger partial charge >= 0.3 is 6.03 Å². The van der Waals surface area contributed by atoms with E-state index >= 15 is 0 Å². The van der Waals surface area contributed by atoms with E-state index < -0.39 is 39.8 Å². The maximum atomic E-state index is 12.8. The molecule has 0 bridgehead atoms. The topological polar surface area (TPSA) is 113 Å². The van der Waals surface area contributed by atoms with Crippen LogP contribution in [0.25, 0.3) is 0 Å². The number of imide groups is 1. The number of amides is 4. The van der Waals surface area contributed by atoms with Crippen molar-refractivity contribution in [3.8, 4) is 0 Å². The fourth-order valence-corrected chi connectivity index (χ4v) is 4.21. The zero-order chi connectivity index (χ0) is 20.2. The third-order valence-corrected chi connectivity index (χ3v) is 5.62. The van der Waals surface area contributed by atoms with Crippen molar-refractivity contribution in [1.29, 1.82) is 0 Å². The molecule has 0 spiro atoms. The number of nitrogens with zero attached hydrogens (tertiary/aromatic N) is 1. The summed E-state index contributed by atoms with van der Waals surface area (Å²) >= 11 is 0. The number of rotatable bonds is 8. The molecule has 2 rings (SSSR count). The molecule has 0 radical (unpaired) electrons. The molecule has 4 amide bonds. The molecule has 148 valence electrons. The lowest BCUT2D eigenvalue weighted by atomic mass is 9.88. The van der Waals surface area contributed by atoms with Gasteiger partial charge in [0.25, 0.3) is 5.91 Å². The Morgan fingerprint density at radius 3 is 2.30 bits per heavy atom. The van der Waals surface area contributed by atoms with Crippen LogP contribution in [0.5, 0.6) is 0 Å². The van der Waals surface area contributed by atoms with Crippen LogP contribution in [0.4, 0.5) is 10.5 Å². The van der Waals surface area contributed by atoms with Crippen LogP contribution in [0, 0.1) is 0 Å². The van der Waals surface area contributed by atoms with Crippen molar-refractivity contribution in [3.05, 3.63) is 24.3 Å². The maximum Gasteiger partial charge on any atom is 0.325 e. The lowest BCUT2D eigenvalue weighted by Gasteiger charge is -2.25. The highest BCUT2D eigenvalue weighted by Crippen LogP contribution is 2.28. The van der Waals surface area contributed by atoms with Gasteiger partial charge in [-0.3, -0.25) is 14.5 Å². The van der Waals surface area contributed by atoms with Crippen molar-refractivity contribution >= 4 is 33.4 Å². The highest BCUT2D eigenvalue weighted by Gasteiger charge is 2.50. The summed E-state index contributed by atoms with van der Waals surface area (Å²) < 4.78 is 23.7. The molecule has 1 aromatic carbocycles. The molecule has 0 atom stereocenters. The van der Waals surface area contributed by atoms with E-state index in [1.54, 1.807) is 12.1 Å². The van der Waals surface area contributed by atoms with E-state index in [2.05, 4.69) is 10.6 Å². The quantitative estimate of drug-likeness (QED) is 0.653. The van der Waals surface area contributed by atoms with E-state index in [9.17, 15) is 22.8 Å². The Hall–Kier alpha value is -2.42. The predicted octanol–water partition coefficient (Wildman–Crippen LogP) is 1.92. The fourth-order valence-electron chi connectivity index (χ4n) is 3.36. The minimum atomic E-state index is -3.54. The largest absolute Gasteiger partial charge is 0.325 e. The monoisotopic (exact) mass is 395 g/mol.